The number of hydrogen-bond donors (Lipinski definition) is 1. The number of carbonyl (C=O) groups is 2. The van der Waals surface area contributed by atoms with Gasteiger partial charge in [-0.2, -0.15) is 0 Å². The summed E-state index contributed by atoms with van der Waals surface area (Å²) in [7, 11) is 0. The first-order valence-electron chi connectivity index (χ1n) is 10.5. The Kier molecular flexibility index (Phi) is 6.93. The SMILES string of the molecule is O=C(CSc1ccccc1C(=O)N1CCc2sccc2C1)NCC1CCCCC1. The van der Waals surface area contributed by atoms with Crippen LogP contribution in [-0.4, -0.2) is 35.6 Å². The number of rotatable bonds is 6. The highest BCUT2D eigenvalue weighted by Crippen LogP contribution is 2.28. The van der Waals surface area contributed by atoms with Crippen LogP contribution in [0.5, 0.6) is 0 Å². The topological polar surface area (TPSA) is 49.4 Å². The van der Waals surface area contributed by atoms with Crippen molar-refractivity contribution in [1.82, 2.24) is 10.2 Å². The van der Waals surface area contributed by atoms with Crippen molar-refractivity contribution >= 4 is 34.9 Å². The van der Waals surface area contributed by atoms with Gasteiger partial charge in [0, 0.05) is 29.4 Å². The third-order valence-electron chi connectivity index (χ3n) is 5.88. The molecule has 0 unspecified atom stereocenters. The summed E-state index contributed by atoms with van der Waals surface area (Å²) in [5.41, 5.74) is 1.97. The van der Waals surface area contributed by atoms with Crippen LogP contribution in [0.2, 0.25) is 0 Å². The van der Waals surface area contributed by atoms with Crippen LogP contribution < -0.4 is 5.32 Å². The lowest BCUT2D eigenvalue weighted by Crippen LogP contribution is -2.35. The van der Waals surface area contributed by atoms with Crippen LogP contribution in [0.3, 0.4) is 0 Å². The first-order valence-corrected chi connectivity index (χ1v) is 12.4. The van der Waals surface area contributed by atoms with Gasteiger partial charge in [-0.15, -0.1) is 23.1 Å². The average Bonchev–Trinajstić information content (AvgIpc) is 3.24. The van der Waals surface area contributed by atoms with E-state index in [2.05, 4.69) is 16.8 Å². The number of thiophene rings is 1. The van der Waals surface area contributed by atoms with Crippen molar-refractivity contribution in [3.05, 3.63) is 51.7 Å². The molecule has 0 saturated heterocycles. The maximum Gasteiger partial charge on any atom is 0.255 e. The average molecular weight is 429 g/mol. The summed E-state index contributed by atoms with van der Waals surface area (Å²) in [4.78, 5) is 29.7. The maximum atomic E-state index is 13.1. The fraction of sp³-hybridized carbons (Fsp3) is 0.478. The van der Waals surface area contributed by atoms with Gasteiger partial charge in [0.1, 0.15) is 0 Å². The van der Waals surface area contributed by atoms with E-state index >= 15 is 0 Å². The molecule has 2 aliphatic rings. The van der Waals surface area contributed by atoms with Crippen LogP contribution in [0.4, 0.5) is 0 Å². The lowest BCUT2D eigenvalue weighted by molar-refractivity contribution is -0.118. The second-order valence-corrected chi connectivity index (χ2v) is 9.96. The molecule has 1 N–H and O–H groups in total. The van der Waals surface area contributed by atoms with E-state index in [4.69, 9.17) is 0 Å². The van der Waals surface area contributed by atoms with E-state index in [1.54, 1.807) is 11.3 Å². The molecule has 1 aromatic heterocycles. The van der Waals surface area contributed by atoms with Gasteiger partial charge in [0.15, 0.2) is 0 Å². The molecule has 4 nitrogen and oxygen atoms in total. The van der Waals surface area contributed by atoms with Gasteiger partial charge in [-0.25, -0.2) is 0 Å². The van der Waals surface area contributed by atoms with Crippen molar-refractivity contribution < 1.29 is 9.59 Å². The minimum absolute atomic E-state index is 0.0590. The van der Waals surface area contributed by atoms with E-state index in [1.165, 1.54) is 54.3 Å². The molecule has 0 atom stereocenters. The van der Waals surface area contributed by atoms with Gasteiger partial charge in [0.2, 0.25) is 5.91 Å². The van der Waals surface area contributed by atoms with E-state index in [0.29, 0.717) is 23.8 Å². The quantitative estimate of drug-likeness (QED) is 0.677. The molecule has 2 aromatic rings. The summed E-state index contributed by atoms with van der Waals surface area (Å²) in [6, 6.07) is 9.80. The molecule has 1 saturated carbocycles. The largest absolute Gasteiger partial charge is 0.355 e. The molecule has 1 fully saturated rings. The van der Waals surface area contributed by atoms with Crippen LogP contribution >= 0.6 is 23.1 Å². The summed E-state index contributed by atoms with van der Waals surface area (Å²) in [6.07, 6.45) is 7.29. The minimum Gasteiger partial charge on any atom is -0.355 e. The summed E-state index contributed by atoms with van der Waals surface area (Å²) in [6.45, 7) is 2.22. The molecule has 0 bridgehead atoms. The summed E-state index contributed by atoms with van der Waals surface area (Å²) >= 11 is 3.24. The van der Waals surface area contributed by atoms with Crippen molar-refractivity contribution in [2.75, 3.05) is 18.8 Å². The first kappa shape index (κ1) is 20.5. The van der Waals surface area contributed by atoms with Gasteiger partial charge in [0.25, 0.3) is 5.91 Å². The number of benzene rings is 1. The van der Waals surface area contributed by atoms with Crippen molar-refractivity contribution in [2.45, 2.75) is 50.0 Å². The number of nitrogens with one attached hydrogen (secondary N) is 1. The lowest BCUT2D eigenvalue weighted by atomic mass is 9.89. The predicted octanol–water partition coefficient (Wildman–Crippen LogP) is 4.74. The third kappa shape index (κ3) is 5.23. The third-order valence-corrected chi connectivity index (χ3v) is 7.98. The Morgan fingerprint density at radius 1 is 1.14 bits per heavy atom. The normalized spacial score (nSPS) is 17.0. The summed E-state index contributed by atoms with van der Waals surface area (Å²) < 4.78 is 0. The summed E-state index contributed by atoms with van der Waals surface area (Å²) in [5, 5.41) is 5.19. The van der Waals surface area contributed by atoms with Crippen molar-refractivity contribution in [2.24, 2.45) is 5.92 Å². The van der Waals surface area contributed by atoms with Crippen LogP contribution in [0.1, 0.15) is 52.9 Å². The molecule has 0 spiro atoms. The number of fused-ring (bicyclic) bond motifs is 1. The van der Waals surface area contributed by atoms with E-state index in [9.17, 15) is 9.59 Å². The highest BCUT2D eigenvalue weighted by atomic mass is 32.2. The molecular formula is C23H28N2O2S2. The van der Waals surface area contributed by atoms with Crippen LogP contribution in [0.15, 0.2) is 40.6 Å². The number of nitrogens with zero attached hydrogens (tertiary/aromatic N) is 1. The van der Waals surface area contributed by atoms with Gasteiger partial charge < -0.3 is 10.2 Å². The molecule has 2 amide bonds. The molecule has 29 heavy (non-hydrogen) atoms. The van der Waals surface area contributed by atoms with E-state index in [-0.39, 0.29) is 11.8 Å². The smallest absolute Gasteiger partial charge is 0.255 e. The molecule has 0 radical (unpaired) electrons. The predicted molar refractivity (Wildman–Crippen MR) is 120 cm³/mol. The number of carbonyl (C=O) groups excluding carboxylic acids is 2. The van der Waals surface area contributed by atoms with Crippen LogP contribution in [-0.2, 0) is 17.8 Å². The van der Waals surface area contributed by atoms with Gasteiger partial charge in [-0.1, -0.05) is 31.4 Å². The van der Waals surface area contributed by atoms with Crippen molar-refractivity contribution in [3.8, 4) is 0 Å². The molecule has 1 aromatic carbocycles. The van der Waals surface area contributed by atoms with Crippen LogP contribution in [0, 0.1) is 5.92 Å². The van der Waals surface area contributed by atoms with Gasteiger partial charge in [-0.05, 0) is 54.3 Å². The Hall–Kier alpha value is -1.79. The fourth-order valence-corrected chi connectivity index (χ4v) is 5.97. The molecule has 6 heteroatoms. The Bertz CT molecular complexity index is 858. The Morgan fingerprint density at radius 2 is 1.97 bits per heavy atom. The molecule has 1 aliphatic carbocycles. The molecule has 1 aliphatic heterocycles. The molecule has 2 heterocycles. The molecule has 4 rings (SSSR count). The number of amides is 2. The molecule has 154 valence electrons. The second kappa shape index (κ2) is 9.81. The number of hydrogen-bond acceptors (Lipinski definition) is 4. The second-order valence-electron chi connectivity index (χ2n) is 7.94. The van der Waals surface area contributed by atoms with Crippen LogP contribution in [0.25, 0.3) is 0 Å². The standard InChI is InChI=1S/C23H28N2O2S2/c26-22(24-14-17-6-2-1-3-7-17)16-29-21-9-5-4-8-19(21)23(27)25-12-10-20-18(15-25)11-13-28-20/h4-5,8-9,11,13,17H,1-3,6-7,10,12,14-16H2,(H,24,26). The first-order chi connectivity index (χ1) is 14.2. The van der Waals surface area contributed by atoms with Gasteiger partial charge in [0.05, 0.1) is 11.3 Å². The van der Waals surface area contributed by atoms with Gasteiger partial charge in [-0.3, -0.25) is 9.59 Å². The van der Waals surface area contributed by atoms with Crippen molar-refractivity contribution in [1.29, 1.82) is 0 Å². The van der Waals surface area contributed by atoms with E-state index in [1.807, 2.05) is 29.2 Å². The highest BCUT2D eigenvalue weighted by molar-refractivity contribution is 8.00. The zero-order valence-corrected chi connectivity index (χ0v) is 18.3. The number of thioether (sulfide) groups is 1. The minimum atomic E-state index is 0.0590. The van der Waals surface area contributed by atoms with E-state index in [0.717, 1.165) is 24.4 Å². The highest BCUT2D eigenvalue weighted by Gasteiger charge is 2.24. The van der Waals surface area contributed by atoms with Crippen molar-refractivity contribution in [3.63, 3.8) is 0 Å². The van der Waals surface area contributed by atoms with E-state index < -0.39 is 0 Å². The summed E-state index contributed by atoms with van der Waals surface area (Å²) in [5.74, 6) is 1.11. The molecular weight excluding hydrogens is 400 g/mol. The van der Waals surface area contributed by atoms with Gasteiger partial charge >= 0.3 is 0 Å². The Balaban J connectivity index is 1.33. The lowest BCUT2D eigenvalue weighted by Gasteiger charge is -2.27. The Morgan fingerprint density at radius 3 is 2.83 bits per heavy atom. The zero-order valence-electron chi connectivity index (χ0n) is 16.7. The Labute approximate surface area is 181 Å². The fourth-order valence-electron chi connectivity index (χ4n) is 4.21. The monoisotopic (exact) mass is 428 g/mol. The maximum absolute atomic E-state index is 13.1. The zero-order chi connectivity index (χ0) is 20.1.